The molecule has 1 unspecified atom stereocenters. The van der Waals surface area contributed by atoms with E-state index in [4.69, 9.17) is 0 Å². The minimum Gasteiger partial charge on any atom is -0.389 e. The van der Waals surface area contributed by atoms with E-state index in [1.807, 2.05) is 48.1 Å². The summed E-state index contributed by atoms with van der Waals surface area (Å²) in [5.41, 5.74) is 3.00. The van der Waals surface area contributed by atoms with Crippen molar-refractivity contribution in [2.45, 2.75) is 26.5 Å². The molecular formula is C13H16N2O. The molecule has 3 nitrogen and oxygen atoms in total. The smallest absolute Gasteiger partial charge is 0.0776 e. The zero-order valence-electron chi connectivity index (χ0n) is 9.59. The number of rotatable bonds is 3. The third-order valence-electron chi connectivity index (χ3n) is 2.55. The fourth-order valence-electron chi connectivity index (χ4n) is 1.68. The number of pyridine rings is 1. The van der Waals surface area contributed by atoms with Crippen molar-refractivity contribution in [2.24, 2.45) is 0 Å². The van der Waals surface area contributed by atoms with Gasteiger partial charge in [0.15, 0.2) is 0 Å². The molecule has 1 N–H and O–H groups in total. The monoisotopic (exact) mass is 216 g/mol. The van der Waals surface area contributed by atoms with Crippen LogP contribution in [-0.2, 0) is 6.54 Å². The lowest BCUT2D eigenvalue weighted by Gasteiger charge is -2.03. The van der Waals surface area contributed by atoms with Crippen LogP contribution < -0.4 is 0 Å². The molecule has 84 valence electrons. The van der Waals surface area contributed by atoms with Gasteiger partial charge in [-0.1, -0.05) is 6.07 Å². The highest BCUT2D eigenvalue weighted by atomic mass is 16.3. The summed E-state index contributed by atoms with van der Waals surface area (Å²) in [5.74, 6) is 0. The molecule has 2 rings (SSSR count). The van der Waals surface area contributed by atoms with E-state index in [0.717, 1.165) is 23.5 Å². The van der Waals surface area contributed by atoms with Crippen molar-refractivity contribution in [1.82, 2.24) is 9.55 Å². The molecule has 2 heterocycles. The van der Waals surface area contributed by atoms with Gasteiger partial charge in [0.1, 0.15) is 0 Å². The maximum atomic E-state index is 9.42. The number of hydrogen-bond donors (Lipinski definition) is 1. The van der Waals surface area contributed by atoms with Crippen molar-refractivity contribution in [3.05, 3.63) is 53.6 Å². The second-order valence-electron chi connectivity index (χ2n) is 4.06. The highest BCUT2D eigenvalue weighted by Crippen LogP contribution is 2.12. The van der Waals surface area contributed by atoms with Crippen LogP contribution >= 0.6 is 0 Å². The van der Waals surface area contributed by atoms with Crippen molar-refractivity contribution >= 4 is 0 Å². The Kier molecular flexibility index (Phi) is 3.06. The van der Waals surface area contributed by atoms with Crippen molar-refractivity contribution in [1.29, 1.82) is 0 Å². The van der Waals surface area contributed by atoms with Gasteiger partial charge in [-0.15, -0.1) is 0 Å². The Balaban J connectivity index is 2.14. The van der Waals surface area contributed by atoms with Gasteiger partial charge in [-0.25, -0.2) is 0 Å². The van der Waals surface area contributed by atoms with Crippen molar-refractivity contribution in [3.63, 3.8) is 0 Å². The van der Waals surface area contributed by atoms with E-state index in [-0.39, 0.29) is 0 Å². The summed E-state index contributed by atoms with van der Waals surface area (Å²) < 4.78 is 2.03. The molecule has 16 heavy (non-hydrogen) atoms. The quantitative estimate of drug-likeness (QED) is 0.854. The average molecular weight is 216 g/mol. The largest absolute Gasteiger partial charge is 0.389 e. The maximum Gasteiger partial charge on any atom is 0.0776 e. The van der Waals surface area contributed by atoms with Gasteiger partial charge in [0.25, 0.3) is 0 Å². The number of aryl methyl sites for hydroxylation is 1. The highest BCUT2D eigenvalue weighted by molar-refractivity contribution is 5.15. The van der Waals surface area contributed by atoms with E-state index in [0.29, 0.717) is 0 Å². The molecule has 0 saturated heterocycles. The van der Waals surface area contributed by atoms with Crippen LogP contribution in [0.3, 0.4) is 0 Å². The van der Waals surface area contributed by atoms with Gasteiger partial charge in [-0.3, -0.25) is 4.98 Å². The summed E-state index contributed by atoms with van der Waals surface area (Å²) in [5, 5.41) is 9.42. The Bertz CT molecular complexity index is 474. The molecular weight excluding hydrogens is 200 g/mol. The second kappa shape index (κ2) is 4.49. The van der Waals surface area contributed by atoms with E-state index >= 15 is 0 Å². The standard InChI is InChI=1S/C13H16N2O/c1-10-4-3-5-13(14-10)9-15-7-6-12(8-15)11(2)16/h3-8,11,16H,9H2,1-2H3. The summed E-state index contributed by atoms with van der Waals surface area (Å²) in [7, 11) is 0. The third-order valence-corrected chi connectivity index (χ3v) is 2.55. The van der Waals surface area contributed by atoms with Crippen LogP contribution in [0.1, 0.15) is 30.0 Å². The Morgan fingerprint density at radius 3 is 2.81 bits per heavy atom. The zero-order valence-corrected chi connectivity index (χ0v) is 9.59. The first-order valence-corrected chi connectivity index (χ1v) is 5.41. The normalized spacial score (nSPS) is 12.7. The predicted octanol–water partition coefficient (Wildman–Crippen LogP) is 2.29. The molecule has 0 aromatic carbocycles. The van der Waals surface area contributed by atoms with Gasteiger partial charge in [-0.05, 0) is 37.6 Å². The van der Waals surface area contributed by atoms with E-state index in [2.05, 4.69) is 4.98 Å². The van der Waals surface area contributed by atoms with Crippen LogP contribution in [0.15, 0.2) is 36.7 Å². The van der Waals surface area contributed by atoms with Gasteiger partial charge in [-0.2, -0.15) is 0 Å². The van der Waals surface area contributed by atoms with Crippen molar-refractivity contribution in [3.8, 4) is 0 Å². The molecule has 0 fully saturated rings. The first kappa shape index (κ1) is 10.9. The third kappa shape index (κ3) is 2.49. The molecule has 2 aromatic heterocycles. The van der Waals surface area contributed by atoms with E-state index in [1.165, 1.54) is 0 Å². The number of hydrogen-bond acceptors (Lipinski definition) is 2. The summed E-state index contributed by atoms with van der Waals surface area (Å²) in [6.07, 6.45) is 3.51. The molecule has 0 aliphatic rings. The molecule has 2 aromatic rings. The van der Waals surface area contributed by atoms with Gasteiger partial charge in [0, 0.05) is 18.1 Å². The molecule has 1 atom stereocenters. The Morgan fingerprint density at radius 1 is 1.38 bits per heavy atom. The SMILES string of the molecule is Cc1cccc(Cn2ccc(C(C)O)c2)n1. The van der Waals surface area contributed by atoms with Crippen LogP contribution in [0.2, 0.25) is 0 Å². The average Bonchev–Trinajstić information content (AvgIpc) is 2.66. The fraction of sp³-hybridized carbons (Fsp3) is 0.308. The minimum atomic E-state index is -0.410. The van der Waals surface area contributed by atoms with Crippen LogP contribution in [0.4, 0.5) is 0 Å². The second-order valence-corrected chi connectivity index (χ2v) is 4.06. The van der Waals surface area contributed by atoms with Crippen LogP contribution in [0.25, 0.3) is 0 Å². The van der Waals surface area contributed by atoms with E-state index < -0.39 is 6.10 Å². The zero-order chi connectivity index (χ0) is 11.5. The number of aliphatic hydroxyl groups excluding tert-OH is 1. The summed E-state index contributed by atoms with van der Waals surface area (Å²) in [4.78, 5) is 4.44. The Hall–Kier alpha value is -1.61. The van der Waals surface area contributed by atoms with Crippen molar-refractivity contribution in [2.75, 3.05) is 0 Å². The van der Waals surface area contributed by atoms with E-state index in [9.17, 15) is 5.11 Å². The van der Waals surface area contributed by atoms with Gasteiger partial charge in [0.2, 0.25) is 0 Å². The molecule has 0 bridgehead atoms. The number of aromatic nitrogens is 2. The van der Waals surface area contributed by atoms with Gasteiger partial charge in [0.05, 0.1) is 18.3 Å². The first-order valence-electron chi connectivity index (χ1n) is 5.41. The van der Waals surface area contributed by atoms with E-state index in [1.54, 1.807) is 6.92 Å². The first-order chi connectivity index (χ1) is 7.65. The lowest BCUT2D eigenvalue weighted by atomic mass is 10.2. The topological polar surface area (TPSA) is 38.0 Å². The summed E-state index contributed by atoms with van der Waals surface area (Å²) >= 11 is 0. The molecule has 0 spiro atoms. The molecule has 0 radical (unpaired) electrons. The minimum absolute atomic E-state index is 0.410. The van der Waals surface area contributed by atoms with Crippen molar-refractivity contribution < 1.29 is 5.11 Å². The molecule has 3 heteroatoms. The fourth-order valence-corrected chi connectivity index (χ4v) is 1.68. The Labute approximate surface area is 95.4 Å². The Morgan fingerprint density at radius 2 is 2.19 bits per heavy atom. The number of nitrogens with zero attached hydrogens (tertiary/aromatic N) is 2. The van der Waals surface area contributed by atoms with Gasteiger partial charge < -0.3 is 9.67 Å². The predicted molar refractivity (Wildman–Crippen MR) is 63.1 cm³/mol. The number of aliphatic hydroxyl groups is 1. The summed E-state index contributed by atoms with van der Waals surface area (Å²) in [6, 6.07) is 7.94. The molecule has 0 aliphatic carbocycles. The van der Waals surface area contributed by atoms with Gasteiger partial charge >= 0.3 is 0 Å². The van der Waals surface area contributed by atoms with Crippen LogP contribution in [-0.4, -0.2) is 14.7 Å². The van der Waals surface area contributed by atoms with Crippen LogP contribution in [0.5, 0.6) is 0 Å². The highest BCUT2D eigenvalue weighted by Gasteiger charge is 2.03. The van der Waals surface area contributed by atoms with Crippen LogP contribution in [0, 0.1) is 6.92 Å². The lowest BCUT2D eigenvalue weighted by molar-refractivity contribution is 0.199. The molecule has 0 amide bonds. The summed E-state index contributed by atoms with van der Waals surface area (Å²) in [6.45, 7) is 4.50. The molecule has 0 saturated carbocycles. The molecule has 0 aliphatic heterocycles. The lowest BCUT2D eigenvalue weighted by Crippen LogP contribution is -2.00. The maximum absolute atomic E-state index is 9.42.